The van der Waals surface area contributed by atoms with E-state index in [1.807, 2.05) is 29.6 Å². The SMILES string of the molecule is O=C(Nc1cc(Cl)c(CC(=O)C(OC2CCC(C(=O)O)CC2)(N2CCCC2)N2CCCC2)cc1Cl)c1csc2ccccc12. The standard InChI is InChI=1S/C33H37Cl2N3O5S/c34-26-19-28(36-31(40)25-20-44-29-8-2-1-7-24(25)29)27(35)17-22(26)18-30(39)33(37-13-3-4-14-37,38-15-5-6-16-38)43-23-11-9-21(10-12-23)32(41)42/h1-2,7-8,17,19-21,23H,3-6,9-16,18H2,(H,36,40)(H,41,42). The highest BCUT2D eigenvalue weighted by atomic mass is 35.5. The van der Waals surface area contributed by atoms with Crippen LogP contribution in [0.25, 0.3) is 10.1 Å². The Hall–Kier alpha value is -2.53. The number of hydrogen-bond acceptors (Lipinski definition) is 7. The molecule has 0 unspecified atom stereocenters. The zero-order chi connectivity index (χ0) is 30.8. The molecule has 2 aliphatic heterocycles. The van der Waals surface area contributed by atoms with E-state index < -0.39 is 11.8 Å². The number of halogens is 2. The highest BCUT2D eigenvalue weighted by Crippen LogP contribution is 2.39. The number of fused-ring (bicyclic) bond motifs is 1. The minimum atomic E-state index is -1.24. The van der Waals surface area contributed by atoms with Crippen molar-refractivity contribution < 1.29 is 24.2 Å². The molecule has 3 fully saturated rings. The van der Waals surface area contributed by atoms with Crippen molar-refractivity contribution >= 4 is 68.0 Å². The van der Waals surface area contributed by atoms with Crippen LogP contribution in [0.15, 0.2) is 41.8 Å². The molecule has 2 aromatic carbocycles. The molecule has 1 amide bonds. The maximum Gasteiger partial charge on any atom is 0.306 e. The Morgan fingerprint density at radius 1 is 0.932 bits per heavy atom. The van der Waals surface area contributed by atoms with Crippen LogP contribution in [0, 0.1) is 5.92 Å². The molecule has 0 spiro atoms. The number of carboxylic acids is 1. The fourth-order valence-corrected chi connectivity index (χ4v) is 8.32. The topological polar surface area (TPSA) is 99.2 Å². The van der Waals surface area contributed by atoms with Gasteiger partial charge in [0.2, 0.25) is 5.85 Å². The van der Waals surface area contributed by atoms with Crippen molar-refractivity contribution in [2.75, 3.05) is 31.5 Å². The molecule has 8 nitrogen and oxygen atoms in total. The minimum Gasteiger partial charge on any atom is -0.481 e. The van der Waals surface area contributed by atoms with Crippen LogP contribution in [0.4, 0.5) is 5.69 Å². The molecule has 0 bridgehead atoms. The summed E-state index contributed by atoms with van der Waals surface area (Å²) >= 11 is 15.0. The third-order valence-corrected chi connectivity index (χ3v) is 10.9. The van der Waals surface area contributed by atoms with E-state index in [0.717, 1.165) is 61.9 Å². The lowest BCUT2D eigenvalue weighted by Gasteiger charge is -2.48. The van der Waals surface area contributed by atoms with Crippen LogP contribution in [-0.4, -0.2) is 70.7 Å². The average Bonchev–Trinajstić information content (AvgIpc) is 3.81. The number of Topliss-reactive ketones (excluding diaryl/α,β-unsaturated/α-hetero) is 1. The highest BCUT2D eigenvalue weighted by molar-refractivity contribution is 7.17. The minimum absolute atomic E-state index is 0.0133. The van der Waals surface area contributed by atoms with Crippen LogP contribution in [-0.2, 0) is 20.7 Å². The maximum absolute atomic E-state index is 14.6. The number of likely N-dealkylation sites (tertiary alicyclic amines) is 2. The monoisotopic (exact) mass is 657 g/mol. The van der Waals surface area contributed by atoms with E-state index in [-0.39, 0.29) is 30.1 Å². The number of benzene rings is 2. The van der Waals surface area contributed by atoms with Gasteiger partial charge in [-0.25, -0.2) is 0 Å². The summed E-state index contributed by atoms with van der Waals surface area (Å²) in [5.41, 5.74) is 1.51. The Balaban J connectivity index is 1.25. The van der Waals surface area contributed by atoms with Gasteiger partial charge in [-0.3, -0.25) is 24.2 Å². The molecule has 3 aliphatic rings. The highest BCUT2D eigenvalue weighted by Gasteiger charge is 2.53. The number of hydrogen-bond donors (Lipinski definition) is 2. The van der Waals surface area contributed by atoms with Crippen molar-refractivity contribution in [3.05, 3.63) is 63.0 Å². The van der Waals surface area contributed by atoms with Gasteiger partial charge >= 0.3 is 5.97 Å². The van der Waals surface area contributed by atoms with E-state index in [4.69, 9.17) is 27.9 Å². The Morgan fingerprint density at radius 2 is 1.57 bits per heavy atom. The van der Waals surface area contributed by atoms with E-state index in [2.05, 4.69) is 15.1 Å². The number of ether oxygens (including phenoxy) is 1. The van der Waals surface area contributed by atoms with Crippen LogP contribution in [0.1, 0.15) is 67.3 Å². The summed E-state index contributed by atoms with van der Waals surface area (Å²) in [6, 6.07) is 11.0. The molecule has 1 saturated carbocycles. The van der Waals surface area contributed by atoms with Gasteiger partial charge in [-0.2, -0.15) is 0 Å². The molecular formula is C33H37Cl2N3O5S. The predicted molar refractivity (Wildman–Crippen MR) is 174 cm³/mol. The first-order valence-electron chi connectivity index (χ1n) is 15.5. The smallest absolute Gasteiger partial charge is 0.306 e. The lowest BCUT2D eigenvalue weighted by atomic mass is 9.87. The van der Waals surface area contributed by atoms with Gasteiger partial charge in [0.25, 0.3) is 5.91 Å². The van der Waals surface area contributed by atoms with Crippen molar-refractivity contribution in [3.8, 4) is 0 Å². The van der Waals surface area contributed by atoms with Crippen molar-refractivity contribution in [2.45, 2.75) is 69.7 Å². The fraction of sp³-hybridized carbons (Fsp3) is 0.485. The number of carboxylic acid groups (broad SMARTS) is 1. The molecule has 11 heteroatoms. The van der Waals surface area contributed by atoms with Gasteiger partial charge in [0.15, 0.2) is 5.78 Å². The quantitative estimate of drug-likeness (QED) is 0.240. The van der Waals surface area contributed by atoms with Crippen molar-refractivity contribution in [2.24, 2.45) is 5.92 Å². The van der Waals surface area contributed by atoms with Crippen LogP contribution >= 0.6 is 34.5 Å². The number of ketones is 1. The third-order valence-electron chi connectivity index (χ3n) is 9.25. The summed E-state index contributed by atoms with van der Waals surface area (Å²) in [5.74, 6) is -2.74. The van der Waals surface area contributed by atoms with Crippen molar-refractivity contribution in [3.63, 3.8) is 0 Å². The molecule has 3 heterocycles. The molecule has 1 aromatic heterocycles. The van der Waals surface area contributed by atoms with Crippen LogP contribution in [0.3, 0.4) is 0 Å². The van der Waals surface area contributed by atoms with E-state index >= 15 is 0 Å². The number of nitrogens with one attached hydrogen (secondary N) is 1. The van der Waals surface area contributed by atoms with Gasteiger partial charge in [-0.05, 0) is 75.1 Å². The number of amides is 1. The van der Waals surface area contributed by atoms with E-state index in [9.17, 15) is 19.5 Å². The summed E-state index contributed by atoms with van der Waals surface area (Å²) in [4.78, 5) is 43.7. The number of aliphatic carboxylic acids is 1. The van der Waals surface area contributed by atoms with Gasteiger partial charge < -0.3 is 15.2 Å². The number of carbonyl (C=O) groups excluding carboxylic acids is 2. The second kappa shape index (κ2) is 13.4. The zero-order valence-electron chi connectivity index (χ0n) is 24.5. The molecule has 0 radical (unpaired) electrons. The lowest BCUT2D eigenvalue weighted by Crippen LogP contribution is -2.67. The molecule has 6 rings (SSSR count). The zero-order valence-corrected chi connectivity index (χ0v) is 26.9. The van der Waals surface area contributed by atoms with Crippen LogP contribution < -0.4 is 5.32 Å². The second-order valence-electron chi connectivity index (χ2n) is 12.0. The maximum atomic E-state index is 14.6. The first-order chi connectivity index (χ1) is 21.3. The van der Waals surface area contributed by atoms with E-state index in [0.29, 0.717) is 52.5 Å². The number of nitrogens with zero attached hydrogens (tertiary/aromatic N) is 2. The van der Waals surface area contributed by atoms with Gasteiger partial charge in [0.05, 0.1) is 28.3 Å². The molecule has 2 N–H and O–H groups in total. The Bertz CT molecular complexity index is 1530. The normalized spacial score (nSPS) is 21.6. The van der Waals surface area contributed by atoms with Gasteiger partial charge in [-0.15, -0.1) is 11.3 Å². The molecule has 234 valence electrons. The third kappa shape index (κ3) is 6.28. The predicted octanol–water partition coefficient (Wildman–Crippen LogP) is 7.08. The summed E-state index contributed by atoms with van der Waals surface area (Å²) in [5, 5.41) is 15.7. The largest absolute Gasteiger partial charge is 0.481 e. The fourth-order valence-electron chi connectivity index (χ4n) is 6.92. The summed E-state index contributed by atoms with van der Waals surface area (Å²) in [7, 11) is 0. The lowest BCUT2D eigenvalue weighted by molar-refractivity contribution is -0.252. The van der Waals surface area contributed by atoms with E-state index in [1.165, 1.54) is 11.3 Å². The Kier molecular flexibility index (Phi) is 9.61. The molecule has 2 saturated heterocycles. The molecule has 1 aliphatic carbocycles. The summed E-state index contributed by atoms with van der Waals surface area (Å²) in [6.07, 6.45) is 6.04. The van der Waals surface area contributed by atoms with Gasteiger partial charge in [0, 0.05) is 53.1 Å². The number of carbonyl (C=O) groups is 3. The summed E-state index contributed by atoms with van der Waals surface area (Å²) in [6.45, 7) is 3.01. The second-order valence-corrected chi connectivity index (χ2v) is 13.8. The number of rotatable bonds is 10. The van der Waals surface area contributed by atoms with Gasteiger partial charge in [-0.1, -0.05) is 41.4 Å². The van der Waals surface area contributed by atoms with Crippen molar-refractivity contribution in [1.29, 1.82) is 0 Å². The molecule has 0 atom stereocenters. The Morgan fingerprint density at radius 3 is 2.20 bits per heavy atom. The number of thiophene rings is 1. The first-order valence-corrected chi connectivity index (χ1v) is 17.1. The Labute approximate surface area is 271 Å². The number of anilines is 1. The molecular weight excluding hydrogens is 621 g/mol. The average molecular weight is 659 g/mol. The van der Waals surface area contributed by atoms with Crippen LogP contribution in [0.2, 0.25) is 10.0 Å². The molecule has 3 aromatic rings. The van der Waals surface area contributed by atoms with E-state index in [1.54, 1.807) is 12.1 Å². The summed E-state index contributed by atoms with van der Waals surface area (Å²) < 4.78 is 7.93. The van der Waals surface area contributed by atoms with Crippen LogP contribution in [0.5, 0.6) is 0 Å². The first kappa shape index (κ1) is 31.5. The van der Waals surface area contributed by atoms with Gasteiger partial charge in [0.1, 0.15) is 0 Å². The molecule has 44 heavy (non-hydrogen) atoms. The van der Waals surface area contributed by atoms with Crippen molar-refractivity contribution in [1.82, 2.24) is 9.80 Å².